The van der Waals surface area contributed by atoms with Crippen LogP contribution in [0.3, 0.4) is 0 Å². The van der Waals surface area contributed by atoms with Gasteiger partial charge >= 0.3 is 0 Å². The highest BCUT2D eigenvalue weighted by atomic mass is 16.7. The second-order valence-corrected chi connectivity index (χ2v) is 9.13. The third-order valence-electron chi connectivity index (χ3n) is 7.02. The monoisotopic (exact) mass is 419 g/mol. The predicted octanol–water partition coefficient (Wildman–Crippen LogP) is 3.89. The molecule has 1 aromatic carbocycles. The quantitative estimate of drug-likeness (QED) is 0.816. The van der Waals surface area contributed by atoms with Gasteiger partial charge in [-0.3, -0.25) is 19.4 Å². The Kier molecular flexibility index (Phi) is 5.48. The second kappa shape index (κ2) is 8.42. The van der Waals surface area contributed by atoms with Gasteiger partial charge in [-0.2, -0.15) is 0 Å². The van der Waals surface area contributed by atoms with E-state index in [1.54, 1.807) is 5.06 Å². The maximum Gasteiger partial charge on any atom is 0.251 e. The first-order valence-electron chi connectivity index (χ1n) is 11.4. The summed E-state index contributed by atoms with van der Waals surface area (Å²) in [7, 11) is 0. The Bertz CT molecular complexity index is 980. The highest BCUT2D eigenvalue weighted by molar-refractivity contribution is 5.98. The van der Waals surface area contributed by atoms with E-state index in [1.807, 2.05) is 25.3 Å². The Morgan fingerprint density at radius 1 is 1.16 bits per heavy atom. The summed E-state index contributed by atoms with van der Waals surface area (Å²) >= 11 is 0. The lowest BCUT2D eigenvalue weighted by molar-refractivity contribution is -0.183. The highest BCUT2D eigenvalue weighted by Gasteiger charge is 2.37. The maximum atomic E-state index is 13.2. The topological polar surface area (TPSA) is 71.5 Å². The van der Waals surface area contributed by atoms with Crippen molar-refractivity contribution in [1.82, 2.24) is 15.4 Å². The lowest BCUT2D eigenvalue weighted by atomic mass is 9.78. The predicted molar refractivity (Wildman–Crippen MR) is 116 cm³/mol. The Morgan fingerprint density at radius 3 is 2.77 bits per heavy atom. The molecule has 2 aliphatic heterocycles. The van der Waals surface area contributed by atoms with Crippen LogP contribution in [0, 0.1) is 18.8 Å². The number of amides is 2. The number of hydroxylamine groups is 2. The molecule has 1 aromatic heterocycles. The van der Waals surface area contributed by atoms with Crippen LogP contribution in [0.25, 0.3) is 0 Å². The Balaban J connectivity index is 1.18. The summed E-state index contributed by atoms with van der Waals surface area (Å²) < 4.78 is 0. The van der Waals surface area contributed by atoms with Gasteiger partial charge in [0.1, 0.15) is 0 Å². The molecule has 1 aliphatic carbocycles. The van der Waals surface area contributed by atoms with Crippen LogP contribution < -0.4 is 5.32 Å². The molecule has 162 valence electrons. The van der Waals surface area contributed by atoms with Crippen molar-refractivity contribution in [3.63, 3.8) is 0 Å². The summed E-state index contributed by atoms with van der Waals surface area (Å²) in [6.45, 7) is 3.18. The summed E-state index contributed by atoms with van der Waals surface area (Å²) in [4.78, 5) is 35.3. The van der Waals surface area contributed by atoms with Crippen LogP contribution >= 0.6 is 0 Å². The number of fused-ring (bicyclic) bond motifs is 1. The highest BCUT2D eigenvalue weighted by Crippen LogP contribution is 2.37. The number of rotatable bonds is 4. The molecule has 1 N–H and O–H groups in total. The lowest BCUT2D eigenvalue weighted by Crippen LogP contribution is -2.36. The third kappa shape index (κ3) is 4.09. The van der Waals surface area contributed by atoms with Crippen molar-refractivity contribution in [2.45, 2.75) is 58.0 Å². The standard InChI is InChI=1S/C25H29N3O3/c1-16-2-6-21(15-26-16)23-10-11-31-28(23)25(30)19-7-3-17(4-8-19)12-18-5-9-20-14-27-24(29)22(20)13-18/h2,5-6,9,13,15,17,19,23H,3-4,7-8,10-12,14H2,1H3,(H,27,29)/t17-,19-,23-/m0/s1. The Morgan fingerprint density at radius 2 is 2.00 bits per heavy atom. The van der Waals surface area contributed by atoms with Crippen molar-refractivity contribution >= 4 is 11.8 Å². The first-order chi connectivity index (χ1) is 15.1. The van der Waals surface area contributed by atoms with Crippen LogP contribution in [-0.2, 0) is 22.6 Å². The molecule has 1 saturated heterocycles. The molecule has 2 fully saturated rings. The fourth-order valence-electron chi connectivity index (χ4n) is 5.18. The van der Waals surface area contributed by atoms with Crippen molar-refractivity contribution in [3.05, 3.63) is 64.5 Å². The normalized spacial score (nSPS) is 25.4. The molecule has 0 spiro atoms. The molecule has 3 heterocycles. The average Bonchev–Trinajstić information content (AvgIpc) is 3.42. The molecule has 31 heavy (non-hydrogen) atoms. The minimum Gasteiger partial charge on any atom is -0.348 e. The Labute approximate surface area is 183 Å². The van der Waals surface area contributed by atoms with E-state index in [0.717, 1.165) is 60.9 Å². The van der Waals surface area contributed by atoms with E-state index in [2.05, 4.69) is 28.5 Å². The zero-order valence-corrected chi connectivity index (χ0v) is 18.0. The lowest BCUT2D eigenvalue weighted by Gasteiger charge is -2.32. The first kappa shape index (κ1) is 20.2. The molecule has 2 amide bonds. The average molecular weight is 420 g/mol. The number of benzene rings is 1. The first-order valence-corrected chi connectivity index (χ1v) is 11.4. The summed E-state index contributed by atoms with van der Waals surface area (Å²) in [5.41, 5.74) is 5.16. The molecule has 2 aromatic rings. The second-order valence-electron chi connectivity index (χ2n) is 9.13. The molecule has 6 heteroatoms. The third-order valence-corrected chi connectivity index (χ3v) is 7.02. The number of nitrogens with one attached hydrogen (secondary N) is 1. The number of hydrogen-bond acceptors (Lipinski definition) is 4. The maximum absolute atomic E-state index is 13.2. The van der Waals surface area contributed by atoms with E-state index in [0.29, 0.717) is 19.1 Å². The van der Waals surface area contributed by atoms with Gasteiger partial charge in [0.2, 0.25) is 5.91 Å². The minimum absolute atomic E-state index is 0.0288. The summed E-state index contributed by atoms with van der Waals surface area (Å²) in [5, 5.41) is 4.50. The number of carbonyl (C=O) groups is 2. The molecule has 0 radical (unpaired) electrons. The van der Waals surface area contributed by atoms with Gasteiger partial charge in [0, 0.05) is 36.3 Å². The Hall–Kier alpha value is -2.73. The van der Waals surface area contributed by atoms with Gasteiger partial charge in [0.15, 0.2) is 0 Å². The largest absolute Gasteiger partial charge is 0.348 e. The number of nitrogens with zero attached hydrogens (tertiary/aromatic N) is 2. The molecular weight excluding hydrogens is 390 g/mol. The molecule has 6 nitrogen and oxygen atoms in total. The molecular formula is C25H29N3O3. The number of aromatic nitrogens is 1. The van der Waals surface area contributed by atoms with Crippen LogP contribution in [0.15, 0.2) is 36.5 Å². The summed E-state index contributed by atoms with van der Waals surface area (Å²) in [6.07, 6.45) is 7.51. The number of aryl methyl sites for hydroxylation is 1. The minimum atomic E-state index is -0.0316. The molecule has 0 unspecified atom stereocenters. The van der Waals surface area contributed by atoms with Crippen LogP contribution in [0.5, 0.6) is 0 Å². The van der Waals surface area contributed by atoms with E-state index in [1.165, 1.54) is 5.56 Å². The van der Waals surface area contributed by atoms with Crippen molar-refractivity contribution in [2.24, 2.45) is 11.8 Å². The summed E-state index contributed by atoms with van der Waals surface area (Å²) in [5.74, 6) is 0.745. The van der Waals surface area contributed by atoms with Gasteiger partial charge in [-0.05, 0) is 73.8 Å². The summed E-state index contributed by atoms with van der Waals surface area (Å²) in [6, 6.07) is 10.3. The zero-order chi connectivity index (χ0) is 21.4. The van der Waals surface area contributed by atoms with E-state index in [9.17, 15) is 9.59 Å². The van der Waals surface area contributed by atoms with E-state index >= 15 is 0 Å². The number of carbonyl (C=O) groups excluding carboxylic acids is 2. The van der Waals surface area contributed by atoms with Crippen molar-refractivity contribution in [3.8, 4) is 0 Å². The fourth-order valence-corrected chi connectivity index (χ4v) is 5.18. The van der Waals surface area contributed by atoms with Gasteiger partial charge in [-0.1, -0.05) is 18.2 Å². The van der Waals surface area contributed by atoms with E-state index in [4.69, 9.17) is 4.84 Å². The van der Waals surface area contributed by atoms with Crippen LogP contribution in [0.1, 0.15) is 70.9 Å². The van der Waals surface area contributed by atoms with Gasteiger partial charge < -0.3 is 5.32 Å². The molecule has 1 atom stereocenters. The van der Waals surface area contributed by atoms with Crippen molar-refractivity contribution in [1.29, 1.82) is 0 Å². The zero-order valence-electron chi connectivity index (χ0n) is 18.0. The molecule has 3 aliphatic rings. The van der Waals surface area contributed by atoms with Gasteiger partial charge in [-0.25, -0.2) is 5.06 Å². The van der Waals surface area contributed by atoms with E-state index < -0.39 is 0 Å². The van der Waals surface area contributed by atoms with Crippen LogP contribution in [-0.4, -0.2) is 28.5 Å². The van der Waals surface area contributed by atoms with Crippen LogP contribution in [0.2, 0.25) is 0 Å². The van der Waals surface area contributed by atoms with Crippen molar-refractivity contribution in [2.75, 3.05) is 6.61 Å². The smallest absolute Gasteiger partial charge is 0.251 e. The van der Waals surface area contributed by atoms with Gasteiger partial charge in [0.25, 0.3) is 5.91 Å². The SMILES string of the molecule is Cc1ccc([C@@H]2CCON2C(=O)[C@H]2CC[C@H](Cc3ccc4c(c3)C(=O)NC4)CC2)cn1. The molecule has 1 saturated carbocycles. The van der Waals surface area contributed by atoms with Crippen molar-refractivity contribution < 1.29 is 14.4 Å². The van der Waals surface area contributed by atoms with Crippen LogP contribution in [0.4, 0.5) is 0 Å². The number of pyridine rings is 1. The van der Waals surface area contributed by atoms with Gasteiger partial charge in [-0.15, -0.1) is 0 Å². The fraction of sp³-hybridized carbons (Fsp3) is 0.480. The molecule has 5 rings (SSSR count). The molecule has 0 bridgehead atoms. The van der Waals surface area contributed by atoms with E-state index in [-0.39, 0.29) is 23.8 Å². The number of hydrogen-bond donors (Lipinski definition) is 1. The van der Waals surface area contributed by atoms with Gasteiger partial charge in [0.05, 0.1) is 12.6 Å².